The second-order valence-electron chi connectivity index (χ2n) is 5.96. The van der Waals surface area contributed by atoms with Gasteiger partial charge >= 0.3 is 0 Å². The summed E-state index contributed by atoms with van der Waals surface area (Å²) in [5.41, 5.74) is 3.12. The number of hydroxylamine groups is 1. The molecule has 0 bridgehead atoms. The van der Waals surface area contributed by atoms with Crippen LogP contribution in [0.15, 0.2) is 54.6 Å². The number of hydrogen-bond donors (Lipinski definition) is 3. The number of carbonyl (C=O) groups excluding carboxylic acids is 2. The molecule has 0 aromatic heterocycles. The van der Waals surface area contributed by atoms with E-state index in [1.54, 1.807) is 29.7 Å². The third-order valence-electron chi connectivity index (χ3n) is 4.24. The summed E-state index contributed by atoms with van der Waals surface area (Å²) < 4.78 is 5.53. The van der Waals surface area contributed by atoms with Crippen LogP contribution in [0.4, 0.5) is 0 Å². The molecule has 1 aliphatic carbocycles. The third kappa shape index (κ3) is 4.36. The first kappa shape index (κ1) is 17.0. The summed E-state index contributed by atoms with van der Waals surface area (Å²) in [6, 6.07) is 16.4. The molecular weight excluding hydrogens is 320 g/mol. The summed E-state index contributed by atoms with van der Waals surface area (Å²) in [4.78, 5) is 23.3. The van der Waals surface area contributed by atoms with Gasteiger partial charge in [-0.15, -0.1) is 0 Å². The van der Waals surface area contributed by atoms with Crippen molar-refractivity contribution in [2.24, 2.45) is 5.92 Å². The van der Waals surface area contributed by atoms with Gasteiger partial charge in [0.15, 0.2) is 0 Å². The van der Waals surface area contributed by atoms with E-state index in [4.69, 9.17) is 9.94 Å². The number of nitrogens with one attached hydrogen (secondary N) is 2. The number of carbonyl (C=O) groups is 2. The van der Waals surface area contributed by atoms with Gasteiger partial charge in [-0.25, -0.2) is 5.48 Å². The molecule has 2 amide bonds. The van der Waals surface area contributed by atoms with Gasteiger partial charge in [0.2, 0.25) is 5.91 Å². The molecule has 6 heteroatoms. The number of amides is 2. The molecule has 3 rings (SSSR count). The first-order valence-electron chi connectivity index (χ1n) is 8.19. The van der Waals surface area contributed by atoms with E-state index in [1.807, 2.05) is 18.2 Å². The van der Waals surface area contributed by atoms with E-state index >= 15 is 0 Å². The Morgan fingerprint density at radius 3 is 2.48 bits per heavy atom. The number of rotatable bonds is 7. The highest BCUT2D eigenvalue weighted by Crippen LogP contribution is 2.47. The lowest BCUT2D eigenvalue weighted by atomic mass is 10.1. The van der Waals surface area contributed by atoms with Crippen molar-refractivity contribution in [3.63, 3.8) is 0 Å². The smallest absolute Gasteiger partial charge is 0.274 e. The molecule has 1 fully saturated rings. The second-order valence-corrected chi connectivity index (χ2v) is 5.96. The van der Waals surface area contributed by atoms with Crippen molar-refractivity contribution in [2.75, 3.05) is 13.2 Å². The van der Waals surface area contributed by atoms with Crippen LogP contribution >= 0.6 is 0 Å². The number of ether oxygens (including phenoxy) is 1. The Balaban J connectivity index is 1.37. The molecule has 3 N–H and O–H groups in total. The first-order valence-corrected chi connectivity index (χ1v) is 8.19. The third-order valence-corrected chi connectivity index (χ3v) is 4.24. The van der Waals surface area contributed by atoms with E-state index < -0.39 is 5.91 Å². The SMILES string of the molecule is O=C(NO)c1ccc(OCCNC(=O)C2CC2c2ccccc2)cc1. The van der Waals surface area contributed by atoms with Crippen LogP contribution in [0.5, 0.6) is 5.75 Å². The summed E-state index contributed by atoms with van der Waals surface area (Å²) in [7, 11) is 0. The molecule has 130 valence electrons. The summed E-state index contributed by atoms with van der Waals surface area (Å²) in [6.07, 6.45) is 0.894. The van der Waals surface area contributed by atoms with Crippen LogP contribution in [0.2, 0.25) is 0 Å². The van der Waals surface area contributed by atoms with Crippen LogP contribution in [-0.2, 0) is 4.79 Å². The molecule has 1 aliphatic rings. The average Bonchev–Trinajstić information content (AvgIpc) is 3.46. The van der Waals surface area contributed by atoms with E-state index in [-0.39, 0.29) is 11.8 Å². The monoisotopic (exact) mass is 340 g/mol. The lowest BCUT2D eigenvalue weighted by Gasteiger charge is -2.08. The quantitative estimate of drug-likeness (QED) is 0.409. The minimum atomic E-state index is -0.573. The van der Waals surface area contributed by atoms with Gasteiger partial charge < -0.3 is 10.1 Å². The maximum Gasteiger partial charge on any atom is 0.274 e. The van der Waals surface area contributed by atoms with Crippen molar-refractivity contribution < 1.29 is 19.5 Å². The van der Waals surface area contributed by atoms with Crippen molar-refractivity contribution in [3.8, 4) is 5.75 Å². The average molecular weight is 340 g/mol. The maximum absolute atomic E-state index is 12.1. The normalized spacial score (nSPS) is 18.3. The lowest BCUT2D eigenvalue weighted by molar-refractivity contribution is -0.122. The van der Waals surface area contributed by atoms with Gasteiger partial charge in [0, 0.05) is 11.5 Å². The standard InChI is InChI=1S/C19H20N2O4/c22-18(21-24)14-6-8-15(9-7-14)25-11-10-20-19(23)17-12-16(17)13-4-2-1-3-5-13/h1-9,16-17,24H,10-12H2,(H,20,23)(H,21,22). The van der Waals surface area contributed by atoms with Crippen LogP contribution in [0.25, 0.3) is 0 Å². The maximum atomic E-state index is 12.1. The fourth-order valence-electron chi connectivity index (χ4n) is 2.79. The summed E-state index contributed by atoms with van der Waals surface area (Å²) in [6.45, 7) is 0.774. The molecule has 2 aromatic rings. The molecule has 2 aromatic carbocycles. The van der Waals surface area contributed by atoms with Crippen LogP contribution in [0.1, 0.15) is 28.3 Å². The molecular formula is C19H20N2O4. The van der Waals surface area contributed by atoms with E-state index in [9.17, 15) is 9.59 Å². The number of hydrogen-bond acceptors (Lipinski definition) is 4. The fourth-order valence-corrected chi connectivity index (χ4v) is 2.79. The molecule has 0 aliphatic heterocycles. The van der Waals surface area contributed by atoms with Crippen molar-refractivity contribution in [1.29, 1.82) is 0 Å². The zero-order chi connectivity index (χ0) is 17.6. The zero-order valence-electron chi connectivity index (χ0n) is 13.6. The Labute approximate surface area is 145 Å². The highest BCUT2D eigenvalue weighted by atomic mass is 16.5. The van der Waals surface area contributed by atoms with Crippen molar-refractivity contribution in [1.82, 2.24) is 10.8 Å². The molecule has 2 atom stereocenters. The summed E-state index contributed by atoms with van der Waals surface area (Å²) in [5.74, 6) is 0.465. The van der Waals surface area contributed by atoms with Gasteiger partial charge in [-0.2, -0.15) is 0 Å². The van der Waals surface area contributed by atoms with Crippen molar-refractivity contribution in [2.45, 2.75) is 12.3 Å². The number of benzene rings is 2. The fraction of sp³-hybridized carbons (Fsp3) is 0.263. The molecule has 0 heterocycles. The topological polar surface area (TPSA) is 87.7 Å². The molecule has 25 heavy (non-hydrogen) atoms. The molecule has 0 radical (unpaired) electrons. The Kier molecular flexibility index (Phi) is 5.30. The van der Waals surface area contributed by atoms with Crippen LogP contribution in [-0.4, -0.2) is 30.2 Å². The Morgan fingerprint density at radius 2 is 1.80 bits per heavy atom. The lowest BCUT2D eigenvalue weighted by Crippen LogP contribution is -2.29. The Hall–Kier alpha value is -2.86. The van der Waals surface area contributed by atoms with E-state index in [0.29, 0.717) is 30.4 Å². The van der Waals surface area contributed by atoms with E-state index in [2.05, 4.69) is 17.4 Å². The highest BCUT2D eigenvalue weighted by Gasteiger charge is 2.43. The Morgan fingerprint density at radius 1 is 1.08 bits per heavy atom. The van der Waals surface area contributed by atoms with Gasteiger partial charge in [0.1, 0.15) is 12.4 Å². The van der Waals surface area contributed by atoms with Gasteiger partial charge in [-0.1, -0.05) is 30.3 Å². The molecule has 1 saturated carbocycles. The van der Waals surface area contributed by atoms with E-state index in [0.717, 1.165) is 6.42 Å². The summed E-state index contributed by atoms with van der Waals surface area (Å²) in [5, 5.41) is 11.4. The minimum Gasteiger partial charge on any atom is -0.492 e. The van der Waals surface area contributed by atoms with Crippen LogP contribution in [0.3, 0.4) is 0 Å². The van der Waals surface area contributed by atoms with E-state index in [1.165, 1.54) is 5.56 Å². The summed E-state index contributed by atoms with van der Waals surface area (Å²) >= 11 is 0. The van der Waals surface area contributed by atoms with Gasteiger partial charge in [0.25, 0.3) is 5.91 Å². The highest BCUT2D eigenvalue weighted by molar-refractivity contribution is 5.93. The molecule has 0 saturated heterocycles. The van der Waals surface area contributed by atoms with Crippen LogP contribution in [0, 0.1) is 5.92 Å². The van der Waals surface area contributed by atoms with Crippen LogP contribution < -0.4 is 15.5 Å². The largest absolute Gasteiger partial charge is 0.492 e. The zero-order valence-corrected chi connectivity index (χ0v) is 13.6. The predicted molar refractivity (Wildman–Crippen MR) is 91.5 cm³/mol. The molecule has 0 spiro atoms. The second kappa shape index (κ2) is 7.81. The predicted octanol–water partition coefficient (Wildman–Crippen LogP) is 2.10. The van der Waals surface area contributed by atoms with Gasteiger partial charge in [-0.3, -0.25) is 14.8 Å². The van der Waals surface area contributed by atoms with Gasteiger partial charge in [0.05, 0.1) is 6.54 Å². The van der Waals surface area contributed by atoms with Gasteiger partial charge in [-0.05, 0) is 42.2 Å². The van der Waals surface area contributed by atoms with Crippen molar-refractivity contribution >= 4 is 11.8 Å². The molecule has 6 nitrogen and oxygen atoms in total. The Bertz CT molecular complexity index is 731. The van der Waals surface area contributed by atoms with Crippen molar-refractivity contribution in [3.05, 3.63) is 65.7 Å². The minimum absolute atomic E-state index is 0.0543. The molecule has 2 unspecified atom stereocenters. The first-order chi connectivity index (χ1) is 12.2.